The molecular weight excluding hydrogens is 356 g/mol. The van der Waals surface area contributed by atoms with Crippen molar-refractivity contribution in [1.29, 1.82) is 0 Å². The fourth-order valence-corrected chi connectivity index (χ4v) is 2.27. The Bertz CT molecular complexity index is 804. The lowest BCUT2D eigenvalue weighted by Crippen LogP contribution is -2.40. The van der Waals surface area contributed by atoms with Gasteiger partial charge in [0.2, 0.25) is 0 Å². The van der Waals surface area contributed by atoms with Gasteiger partial charge in [0, 0.05) is 11.1 Å². The van der Waals surface area contributed by atoms with Crippen LogP contribution in [0.15, 0.2) is 48.5 Å². The van der Waals surface area contributed by atoms with Gasteiger partial charge < -0.3 is 9.47 Å². The third-order valence-electron chi connectivity index (χ3n) is 3.32. The molecule has 0 aliphatic heterocycles. The van der Waals surface area contributed by atoms with E-state index in [4.69, 9.17) is 21.1 Å². The van der Waals surface area contributed by atoms with Crippen LogP contribution in [-0.2, 0) is 4.79 Å². The predicted octanol–water partition coefficient (Wildman–Crippen LogP) is 3.22. The van der Waals surface area contributed by atoms with Crippen LogP contribution in [0.3, 0.4) is 0 Å². The molecule has 2 aromatic carbocycles. The molecule has 6 nitrogen and oxygen atoms in total. The Morgan fingerprint density at radius 3 is 2.50 bits per heavy atom. The molecule has 0 unspecified atom stereocenters. The molecule has 2 rings (SSSR count). The summed E-state index contributed by atoms with van der Waals surface area (Å²) in [6, 6.07) is 11.9. The molecule has 0 saturated heterocycles. The summed E-state index contributed by atoms with van der Waals surface area (Å²) in [5.74, 6) is 0.100. The van der Waals surface area contributed by atoms with E-state index in [0.717, 1.165) is 11.3 Å². The molecule has 136 valence electrons. The predicted molar refractivity (Wildman–Crippen MR) is 100 cm³/mol. The second kappa shape index (κ2) is 9.48. The van der Waals surface area contributed by atoms with Crippen molar-refractivity contribution in [2.75, 3.05) is 13.7 Å². The maximum Gasteiger partial charge on any atom is 0.273 e. The molecule has 2 amide bonds. The Morgan fingerprint density at radius 2 is 1.85 bits per heavy atom. The Kier molecular flexibility index (Phi) is 7.05. The molecule has 0 bridgehead atoms. The number of hydrazine groups is 1. The fraction of sp³-hybridized carbons (Fsp3) is 0.158. The van der Waals surface area contributed by atoms with Crippen LogP contribution in [0.4, 0.5) is 0 Å². The van der Waals surface area contributed by atoms with E-state index < -0.39 is 11.8 Å². The van der Waals surface area contributed by atoms with E-state index in [1.807, 2.05) is 31.2 Å². The Morgan fingerprint density at radius 1 is 1.12 bits per heavy atom. The van der Waals surface area contributed by atoms with E-state index in [0.29, 0.717) is 17.4 Å². The lowest BCUT2D eigenvalue weighted by Gasteiger charge is -2.09. The fourth-order valence-electron chi connectivity index (χ4n) is 2.10. The van der Waals surface area contributed by atoms with Gasteiger partial charge in [0.05, 0.1) is 19.3 Å². The Balaban J connectivity index is 1.92. The molecule has 2 aromatic rings. The van der Waals surface area contributed by atoms with Crippen molar-refractivity contribution in [3.63, 3.8) is 0 Å². The second-order valence-corrected chi connectivity index (χ2v) is 5.56. The van der Waals surface area contributed by atoms with Crippen molar-refractivity contribution < 1.29 is 19.1 Å². The summed E-state index contributed by atoms with van der Waals surface area (Å²) >= 11 is 5.89. The number of carbonyl (C=O) groups excluding carboxylic acids is 2. The molecule has 0 aliphatic rings. The van der Waals surface area contributed by atoms with Gasteiger partial charge in [-0.3, -0.25) is 20.4 Å². The second-order valence-electron chi connectivity index (χ2n) is 5.12. The van der Waals surface area contributed by atoms with E-state index in [-0.39, 0.29) is 5.56 Å². The zero-order valence-corrected chi connectivity index (χ0v) is 15.2. The number of hydrogen-bond acceptors (Lipinski definition) is 4. The molecule has 0 heterocycles. The van der Waals surface area contributed by atoms with Crippen LogP contribution in [0.2, 0.25) is 5.02 Å². The SMILES string of the molecule is CCOc1ccc(/C=C/C(=O)NNC(=O)c2cc(Cl)ccc2OC)cc1. The van der Waals surface area contributed by atoms with Gasteiger partial charge in [0.1, 0.15) is 11.5 Å². The minimum Gasteiger partial charge on any atom is -0.496 e. The summed E-state index contributed by atoms with van der Waals surface area (Å²) in [5.41, 5.74) is 5.66. The number of ether oxygens (including phenoxy) is 2. The monoisotopic (exact) mass is 374 g/mol. The molecule has 0 fully saturated rings. The quantitative estimate of drug-likeness (QED) is 0.601. The Labute approximate surface area is 156 Å². The van der Waals surface area contributed by atoms with Gasteiger partial charge in [0.15, 0.2) is 0 Å². The van der Waals surface area contributed by atoms with Gasteiger partial charge in [-0.25, -0.2) is 0 Å². The van der Waals surface area contributed by atoms with Crippen LogP contribution in [0.5, 0.6) is 11.5 Å². The number of carbonyl (C=O) groups is 2. The highest BCUT2D eigenvalue weighted by molar-refractivity contribution is 6.31. The van der Waals surface area contributed by atoms with Crippen molar-refractivity contribution in [1.82, 2.24) is 10.9 Å². The first-order chi connectivity index (χ1) is 12.5. The van der Waals surface area contributed by atoms with Gasteiger partial charge in [-0.15, -0.1) is 0 Å². The van der Waals surface area contributed by atoms with E-state index in [9.17, 15) is 9.59 Å². The van der Waals surface area contributed by atoms with Crippen LogP contribution >= 0.6 is 11.6 Å². The topological polar surface area (TPSA) is 76.7 Å². The summed E-state index contributed by atoms with van der Waals surface area (Å²) < 4.78 is 10.5. The highest BCUT2D eigenvalue weighted by atomic mass is 35.5. The number of methoxy groups -OCH3 is 1. The van der Waals surface area contributed by atoms with Gasteiger partial charge >= 0.3 is 0 Å². The van der Waals surface area contributed by atoms with Crippen LogP contribution in [0.1, 0.15) is 22.8 Å². The summed E-state index contributed by atoms with van der Waals surface area (Å²) in [6.07, 6.45) is 2.93. The van der Waals surface area contributed by atoms with Crippen molar-refractivity contribution in [2.24, 2.45) is 0 Å². The van der Waals surface area contributed by atoms with Crippen molar-refractivity contribution in [3.05, 3.63) is 64.7 Å². The van der Waals surface area contributed by atoms with E-state index >= 15 is 0 Å². The van der Waals surface area contributed by atoms with Crippen LogP contribution < -0.4 is 20.3 Å². The summed E-state index contributed by atoms with van der Waals surface area (Å²) in [6.45, 7) is 2.50. The van der Waals surface area contributed by atoms with Crippen molar-refractivity contribution in [3.8, 4) is 11.5 Å². The standard InChI is InChI=1S/C19H19ClN2O4/c1-3-26-15-8-4-13(5-9-15)6-11-18(23)21-22-19(24)16-12-14(20)7-10-17(16)25-2/h4-12H,3H2,1-2H3,(H,21,23)(H,22,24)/b11-6+. The lowest BCUT2D eigenvalue weighted by atomic mass is 10.2. The van der Waals surface area contributed by atoms with Gasteiger partial charge in [-0.05, 0) is 48.9 Å². The average molecular weight is 375 g/mol. The number of amides is 2. The number of benzene rings is 2. The van der Waals surface area contributed by atoms with Crippen molar-refractivity contribution >= 4 is 29.5 Å². The number of hydrogen-bond donors (Lipinski definition) is 2. The highest BCUT2D eigenvalue weighted by Gasteiger charge is 2.13. The first kappa shape index (κ1) is 19.3. The number of rotatable bonds is 6. The molecule has 2 N–H and O–H groups in total. The molecule has 26 heavy (non-hydrogen) atoms. The largest absolute Gasteiger partial charge is 0.496 e. The van der Waals surface area contributed by atoms with E-state index in [1.54, 1.807) is 18.2 Å². The minimum atomic E-state index is -0.535. The molecule has 0 aromatic heterocycles. The first-order valence-corrected chi connectivity index (χ1v) is 8.26. The smallest absolute Gasteiger partial charge is 0.273 e. The molecular formula is C19H19ClN2O4. The normalized spacial score (nSPS) is 10.4. The summed E-state index contributed by atoms with van der Waals surface area (Å²) in [7, 11) is 1.44. The van der Waals surface area contributed by atoms with Crippen molar-refractivity contribution in [2.45, 2.75) is 6.92 Å². The molecule has 0 aliphatic carbocycles. The summed E-state index contributed by atoms with van der Waals surface area (Å²) in [4.78, 5) is 24.0. The van der Waals surface area contributed by atoms with Crippen LogP contribution in [-0.4, -0.2) is 25.5 Å². The highest BCUT2D eigenvalue weighted by Crippen LogP contribution is 2.22. The molecule has 7 heteroatoms. The zero-order valence-electron chi connectivity index (χ0n) is 14.4. The Hall–Kier alpha value is -2.99. The van der Waals surface area contributed by atoms with Gasteiger partial charge in [-0.2, -0.15) is 0 Å². The average Bonchev–Trinajstić information content (AvgIpc) is 2.65. The number of nitrogens with one attached hydrogen (secondary N) is 2. The molecule has 0 spiro atoms. The number of halogens is 1. The maximum absolute atomic E-state index is 12.2. The van der Waals surface area contributed by atoms with Crippen LogP contribution in [0, 0.1) is 0 Å². The van der Waals surface area contributed by atoms with Gasteiger partial charge in [0.25, 0.3) is 11.8 Å². The molecule has 0 radical (unpaired) electrons. The molecule has 0 atom stereocenters. The van der Waals surface area contributed by atoms with E-state index in [1.165, 1.54) is 19.3 Å². The first-order valence-electron chi connectivity index (χ1n) is 7.88. The lowest BCUT2D eigenvalue weighted by molar-refractivity contribution is -0.117. The summed E-state index contributed by atoms with van der Waals surface area (Å²) in [5, 5.41) is 0.387. The van der Waals surface area contributed by atoms with Crippen LogP contribution in [0.25, 0.3) is 6.08 Å². The third kappa shape index (κ3) is 5.53. The third-order valence-corrected chi connectivity index (χ3v) is 3.56. The van der Waals surface area contributed by atoms with E-state index in [2.05, 4.69) is 10.9 Å². The van der Waals surface area contributed by atoms with Gasteiger partial charge in [-0.1, -0.05) is 23.7 Å². The minimum absolute atomic E-state index is 0.218. The zero-order chi connectivity index (χ0) is 18.9. The molecule has 0 saturated carbocycles. The maximum atomic E-state index is 12.2.